The minimum Gasteiger partial charge on any atom is -0.300 e. The van der Waals surface area contributed by atoms with Crippen LogP contribution in [0.4, 0.5) is 0 Å². The summed E-state index contributed by atoms with van der Waals surface area (Å²) >= 11 is 0. The lowest BCUT2D eigenvalue weighted by atomic mass is 9.72. The van der Waals surface area contributed by atoms with Gasteiger partial charge in [0.05, 0.1) is 11.1 Å². The third kappa shape index (κ3) is 4.75. The van der Waals surface area contributed by atoms with Gasteiger partial charge < -0.3 is 0 Å². The highest BCUT2D eigenvalue weighted by Gasteiger charge is 2.53. The van der Waals surface area contributed by atoms with Gasteiger partial charge in [-0.05, 0) is 50.5 Å². The van der Waals surface area contributed by atoms with Crippen LogP contribution in [0.1, 0.15) is 97.1 Å². The van der Waals surface area contributed by atoms with Crippen LogP contribution in [0.15, 0.2) is 43.0 Å². The van der Waals surface area contributed by atoms with Crippen molar-refractivity contribution in [2.45, 2.75) is 103 Å². The largest absolute Gasteiger partial charge is 0.300 e. The topological polar surface area (TPSA) is 29.5 Å². The van der Waals surface area contributed by atoms with Crippen LogP contribution in [-0.2, 0) is 9.63 Å². The summed E-state index contributed by atoms with van der Waals surface area (Å²) in [5.41, 5.74) is 0.783. The summed E-state index contributed by atoms with van der Waals surface area (Å²) in [6.07, 6.45) is 9.85. The lowest BCUT2D eigenvalue weighted by Crippen LogP contribution is -2.65. The lowest BCUT2D eigenvalue weighted by molar-refractivity contribution is -0.319. The van der Waals surface area contributed by atoms with Crippen LogP contribution in [-0.4, -0.2) is 21.9 Å². The van der Waals surface area contributed by atoms with E-state index in [0.29, 0.717) is 18.6 Å². The molecule has 1 unspecified atom stereocenters. The van der Waals surface area contributed by atoms with Gasteiger partial charge in [0.1, 0.15) is 11.9 Å². The minimum atomic E-state index is -0.215. The maximum Gasteiger partial charge on any atom is 0.136 e. The maximum absolute atomic E-state index is 12.7. The number of nitrogens with zero attached hydrogens (tertiary/aromatic N) is 1. The van der Waals surface area contributed by atoms with E-state index < -0.39 is 0 Å². The number of unbranched alkanes of at least 4 members (excludes halogenated alkanes) is 1. The number of Topliss-reactive ketones (excluding diaryl/α,β-unsaturated/α-hetero) is 1. The van der Waals surface area contributed by atoms with E-state index in [4.69, 9.17) is 4.84 Å². The Bertz CT molecular complexity index is 593. The number of benzene rings is 1. The van der Waals surface area contributed by atoms with Crippen molar-refractivity contribution in [1.29, 1.82) is 0 Å². The Kier molecular flexibility index (Phi) is 8.45. The fraction of sp³-hybridized carbons (Fsp3) is 0.640. The SMILES string of the molecule is C=CCCCC(ON1C(CC)(CC)CC(=O)CC1(CC)CC)c1ccccc1. The van der Waals surface area contributed by atoms with Crippen molar-refractivity contribution in [1.82, 2.24) is 5.06 Å². The number of carbonyl (C=O) groups excluding carboxylic acids is 1. The molecular weight excluding hydrogens is 346 g/mol. The quantitative estimate of drug-likeness (QED) is 0.310. The van der Waals surface area contributed by atoms with Crippen LogP contribution in [0.25, 0.3) is 0 Å². The average Bonchev–Trinajstić information content (AvgIpc) is 2.74. The summed E-state index contributed by atoms with van der Waals surface area (Å²) in [7, 11) is 0. The summed E-state index contributed by atoms with van der Waals surface area (Å²) < 4.78 is 0. The number of rotatable bonds is 11. The zero-order chi connectivity index (χ0) is 20.6. The Morgan fingerprint density at radius 2 is 1.57 bits per heavy atom. The van der Waals surface area contributed by atoms with Crippen molar-refractivity contribution in [3.63, 3.8) is 0 Å². The highest BCUT2D eigenvalue weighted by atomic mass is 16.7. The molecule has 156 valence electrons. The van der Waals surface area contributed by atoms with E-state index in [1.54, 1.807) is 0 Å². The molecule has 1 aromatic carbocycles. The van der Waals surface area contributed by atoms with E-state index in [1.165, 1.54) is 5.56 Å². The van der Waals surface area contributed by atoms with Gasteiger partial charge >= 0.3 is 0 Å². The third-order valence-electron chi connectivity index (χ3n) is 6.83. The smallest absolute Gasteiger partial charge is 0.136 e. The molecule has 2 rings (SSSR count). The third-order valence-corrected chi connectivity index (χ3v) is 6.83. The average molecular weight is 386 g/mol. The van der Waals surface area contributed by atoms with Gasteiger partial charge in [-0.15, -0.1) is 6.58 Å². The van der Waals surface area contributed by atoms with Crippen LogP contribution in [0.2, 0.25) is 0 Å². The fourth-order valence-corrected chi connectivity index (χ4v) is 4.76. The molecule has 1 aromatic rings. The Balaban J connectivity index is 2.43. The molecule has 0 spiro atoms. The van der Waals surface area contributed by atoms with Crippen LogP contribution in [0.5, 0.6) is 0 Å². The van der Waals surface area contributed by atoms with Crippen LogP contribution in [0, 0.1) is 0 Å². The Morgan fingerprint density at radius 1 is 1.04 bits per heavy atom. The number of hydroxylamine groups is 2. The lowest BCUT2D eigenvalue weighted by Gasteiger charge is -2.56. The second-order valence-electron chi connectivity index (χ2n) is 8.27. The summed E-state index contributed by atoms with van der Waals surface area (Å²) in [5.74, 6) is 0.384. The fourth-order valence-electron chi connectivity index (χ4n) is 4.76. The molecule has 3 nitrogen and oxygen atoms in total. The van der Waals surface area contributed by atoms with Crippen molar-refractivity contribution in [3.05, 3.63) is 48.6 Å². The standard InChI is InChI=1S/C25H39NO2/c1-6-11-13-18-23(21-16-14-12-15-17-21)28-26-24(7-2,8-3)19-22(27)20-25(26,9-4)10-5/h6,12,14-17,23H,1,7-11,13,18-20H2,2-5H3. The van der Waals surface area contributed by atoms with Crippen LogP contribution >= 0.6 is 0 Å². The summed E-state index contributed by atoms with van der Waals surface area (Å²) in [6, 6.07) is 10.5. The monoisotopic (exact) mass is 385 g/mol. The molecule has 0 aromatic heterocycles. The molecule has 1 atom stereocenters. The Labute approximate surface area is 172 Å². The number of ketones is 1. The van der Waals surface area contributed by atoms with Crippen molar-refractivity contribution in [2.75, 3.05) is 0 Å². The predicted octanol–water partition coefficient (Wildman–Crippen LogP) is 6.80. The van der Waals surface area contributed by atoms with E-state index in [0.717, 1.165) is 44.9 Å². The van der Waals surface area contributed by atoms with Gasteiger partial charge in [-0.3, -0.25) is 9.63 Å². The van der Waals surface area contributed by atoms with Crippen molar-refractivity contribution < 1.29 is 9.63 Å². The number of allylic oxidation sites excluding steroid dienone is 1. The van der Waals surface area contributed by atoms with Gasteiger partial charge in [0.15, 0.2) is 0 Å². The predicted molar refractivity (Wildman–Crippen MR) is 117 cm³/mol. The van der Waals surface area contributed by atoms with Crippen LogP contribution in [0.3, 0.4) is 0 Å². The molecule has 0 bridgehead atoms. The highest BCUT2D eigenvalue weighted by molar-refractivity contribution is 5.82. The molecule has 1 aliphatic rings. The summed E-state index contributed by atoms with van der Waals surface area (Å²) in [5, 5.41) is 2.30. The Hall–Kier alpha value is -1.45. The highest BCUT2D eigenvalue weighted by Crippen LogP contribution is 2.46. The van der Waals surface area contributed by atoms with Crippen molar-refractivity contribution in [3.8, 4) is 0 Å². The van der Waals surface area contributed by atoms with Gasteiger partial charge in [-0.2, -0.15) is 5.06 Å². The Morgan fingerprint density at radius 3 is 2.04 bits per heavy atom. The number of piperidine rings is 1. The molecule has 1 aliphatic heterocycles. The van der Waals surface area contributed by atoms with Gasteiger partial charge in [-0.25, -0.2) is 0 Å². The second kappa shape index (κ2) is 10.4. The molecule has 3 heteroatoms. The zero-order valence-electron chi connectivity index (χ0n) is 18.4. The first-order chi connectivity index (χ1) is 13.5. The molecule has 28 heavy (non-hydrogen) atoms. The number of carbonyl (C=O) groups is 1. The van der Waals surface area contributed by atoms with E-state index in [1.807, 2.05) is 6.08 Å². The summed E-state index contributed by atoms with van der Waals surface area (Å²) in [6.45, 7) is 12.7. The molecule has 0 radical (unpaired) electrons. The summed E-state index contributed by atoms with van der Waals surface area (Å²) in [4.78, 5) is 19.7. The molecule has 0 saturated carbocycles. The van der Waals surface area contributed by atoms with Crippen molar-refractivity contribution >= 4 is 5.78 Å². The molecule has 1 saturated heterocycles. The molecule has 1 heterocycles. The van der Waals surface area contributed by atoms with E-state index in [-0.39, 0.29) is 17.2 Å². The minimum absolute atomic E-state index is 0.00398. The van der Waals surface area contributed by atoms with Crippen molar-refractivity contribution in [2.24, 2.45) is 0 Å². The van der Waals surface area contributed by atoms with E-state index >= 15 is 0 Å². The molecule has 0 N–H and O–H groups in total. The van der Waals surface area contributed by atoms with Gasteiger partial charge in [0.25, 0.3) is 0 Å². The maximum atomic E-state index is 12.7. The van der Waals surface area contributed by atoms with E-state index in [2.05, 4.69) is 69.7 Å². The zero-order valence-corrected chi connectivity index (χ0v) is 18.4. The molecule has 0 amide bonds. The second-order valence-corrected chi connectivity index (χ2v) is 8.27. The van der Waals surface area contributed by atoms with Gasteiger partial charge in [0, 0.05) is 12.8 Å². The first-order valence-electron chi connectivity index (χ1n) is 11.2. The van der Waals surface area contributed by atoms with Crippen LogP contribution < -0.4 is 0 Å². The van der Waals surface area contributed by atoms with Gasteiger partial charge in [0.2, 0.25) is 0 Å². The molecular formula is C25H39NO2. The van der Waals surface area contributed by atoms with Gasteiger partial charge in [-0.1, -0.05) is 64.1 Å². The van der Waals surface area contributed by atoms with E-state index in [9.17, 15) is 4.79 Å². The first-order valence-corrected chi connectivity index (χ1v) is 11.2. The first kappa shape index (κ1) is 22.8. The molecule has 1 fully saturated rings. The number of hydrogen-bond acceptors (Lipinski definition) is 3. The number of hydrogen-bond donors (Lipinski definition) is 0. The molecule has 0 aliphatic carbocycles. The normalized spacial score (nSPS) is 20.1.